The number of rotatable bonds is 2. The zero-order valence-corrected chi connectivity index (χ0v) is 4.56. The van der Waals surface area contributed by atoms with Crippen molar-refractivity contribution in [3.05, 3.63) is 0 Å². The van der Waals surface area contributed by atoms with E-state index < -0.39 is 0 Å². The van der Waals surface area contributed by atoms with Crippen molar-refractivity contribution in [3.63, 3.8) is 0 Å². The van der Waals surface area contributed by atoms with Gasteiger partial charge >= 0.3 is 0 Å². The Bertz CT molecular complexity index is 15.1. The smallest absolute Gasteiger partial charge is 0.0165 e. The fourth-order valence-corrected chi connectivity index (χ4v) is 0.474. The average molecular weight is 109 g/mol. The van der Waals surface area contributed by atoms with Crippen LogP contribution in [0.15, 0.2) is 0 Å². The predicted molar refractivity (Wildman–Crippen MR) is 30.5 cm³/mol. The zero-order chi connectivity index (χ0) is 4.12. The predicted octanol–water partition coefficient (Wildman–Crippen LogP) is 0.523. The molecule has 0 aliphatic rings. The quantitative estimate of drug-likeness (QED) is 0.399. The number of nitrogens with two attached hydrogens (primary N) is 1. The highest BCUT2D eigenvalue weighted by atomic mass is 32.2. The first kappa shape index (κ1) is 5.66. The van der Waals surface area contributed by atoms with Crippen molar-refractivity contribution in [2.45, 2.75) is 0 Å². The van der Waals surface area contributed by atoms with Crippen LogP contribution in [-0.2, 0) is 0 Å². The topological polar surface area (TPSA) is 26.0 Å². The fraction of sp³-hybridized carbons (Fsp3) is 1.00. The maximum absolute atomic E-state index is 5.01. The first-order valence-corrected chi connectivity index (χ1v) is 3.02. The molecule has 0 atom stereocenters. The summed E-state index contributed by atoms with van der Waals surface area (Å²) in [4.78, 5) is 0. The van der Waals surface area contributed by atoms with E-state index in [1.165, 1.54) is 11.9 Å². The molecule has 0 aliphatic carbocycles. The molecule has 32 valence electrons. The molecule has 0 aliphatic heterocycles. The molecule has 0 bridgehead atoms. The zero-order valence-electron chi connectivity index (χ0n) is 2.85. The summed E-state index contributed by atoms with van der Waals surface area (Å²) in [6.07, 6.45) is 0. The van der Waals surface area contributed by atoms with Gasteiger partial charge in [-0.1, -0.05) is 11.9 Å². The first-order chi connectivity index (χ1) is 2.41. The molecule has 0 spiro atoms. The lowest BCUT2D eigenvalue weighted by Crippen LogP contribution is -1.83. The van der Waals surface area contributed by atoms with E-state index in [4.69, 9.17) is 5.14 Å². The maximum atomic E-state index is 5.01. The van der Waals surface area contributed by atoms with Gasteiger partial charge in [-0.05, 0) is 0 Å². The lowest BCUT2D eigenvalue weighted by Gasteiger charge is -1.79. The van der Waals surface area contributed by atoms with E-state index in [9.17, 15) is 0 Å². The molecule has 0 unspecified atom stereocenters. The van der Waals surface area contributed by atoms with Gasteiger partial charge in [0, 0.05) is 11.5 Å². The van der Waals surface area contributed by atoms with Crippen LogP contribution in [0.2, 0.25) is 0 Å². The molecule has 1 nitrogen and oxygen atoms in total. The minimum Gasteiger partial charge on any atom is -0.278 e. The Hall–Kier alpha value is 0.660. The second-order valence-electron chi connectivity index (χ2n) is 0.594. The van der Waals surface area contributed by atoms with E-state index in [2.05, 4.69) is 12.6 Å². The largest absolute Gasteiger partial charge is 0.278 e. The Morgan fingerprint density at radius 3 is 2.40 bits per heavy atom. The third-order valence-corrected chi connectivity index (χ3v) is 1.18. The fourth-order valence-electron chi connectivity index (χ4n) is 0.0527. The maximum Gasteiger partial charge on any atom is 0.0165 e. The summed E-state index contributed by atoms with van der Waals surface area (Å²) >= 11 is 5.23. The molecule has 0 saturated carbocycles. The Morgan fingerprint density at radius 1 is 1.80 bits per heavy atom. The molecule has 5 heavy (non-hydrogen) atoms. The van der Waals surface area contributed by atoms with Crippen molar-refractivity contribution in [2.24, 2.45) is 5.14 Å². The summed E-state index contributed by atoms with van der Waals surface area (Å²) in [6, 6.07) is 0. The van der Waals surface area contributed by atoms with Crippen LogP contribution in [-0.4, -0.2) is 11.5 Å². The van der Waals surface area contributed by atoms with Gasteiger partial charge in [-0.2, -0.15) is 12.6 Å². The summed E-state index contributed by atoms with van der Waals surface area (Å²) in [7, 11) is 0. The number of hydrogen-bond acceptors (Lipinski definition) is 3. The highest BCUT2D eigenvalue weighted by Gasteiger charge is 1.69. The molecule has 3 heteroatoms. The molecular formula is C2H7NS2. The molecule has 0 saturated heterocycles. The molecule has 0 aromatic rings. The van der Waals surface area contributed by atoms with Gasteiger partial charge in [-0.25, -0.2) is 0 Å². The molecule has 0 heterocycles. The van der Waals surface area contributed by atoms with Crippen LogP contribution in [0.25, 0.3) is 0 Å². The third-order valence-electron chi connectivity index (χ3n) is 0.209. The van der Waals surface area contributed by atoms with Crippen LogP contribution >= 0.6 is 24.6 Å². The average Bonchev–Trinajstić information content (AvgIpc) is 1.41. The van der Waals surface area contributed by atoms with Gasteiger partial charge in [0.25, 0.3) is 0 Å². The summed E-state index contributed by atoms with van der Waals surface area (Å²) < 4.78 is 0. The van der Waals surface area contributed by atoms with Crippen LogP contribution in [0.1, 0.15) is 0 Å². The highest BCUT2D eigenvalue weighted by molar-refractivity contribution is 7.97. The summed E-state index contributed by atoms with van der Waals surface area (Å²) in [5, 5.41) is 5.01. The van der Waals surface area contributed by atoms with Crippen LogP contribution < -0.4 is 5.14 Å². The second-order valence-corrected chi connectivity index (χ2v) is 1.78. The van der Waals surface area contributed by atoms with Crippen molar-refractivity contribution in [3.8, 4) is 0 Å². The Labute approximate surface area is 41.9 Å². The number of hydrogen-bond donors (Lipinski definition) is 2. The lowest BCUT2D eigenvalue weighted by atomic mass is 11.0. The third kappa shape index (κ3) is 4.66. The number of thiol groups is 1. The van der Waals surface area contributed by atoms with Crippen molar-refractivity contribution >= 4 is 24.6 Å². The monoisotopic (exact) mass is 109 g/mol. The highest BCUT2D eigenvalue weighted by Crippen LogP contribution is 1.84. The minimum absolute atomic E-state index is 0.876. The molecule has 0 fully saturated rings. The van der Waals surface area contributed by atoms with E-state index in [-0.39, 0.29) is 0 Å². The van der Waals surface area contributed by atoms with Gasteiger partial charge in [-0.3, -0.25) is 5.14 Å². The van der Waals surface area contributed by atoms with Crippen LogP contribution in [0.4, 0.5) is 0 Å². The SMILES string of the molecule is NSCCS. The first-order valence-electron chi connectivity index (χ1n) is 1.34. The normalized spacial score (nSPS) is 8.40. The summed E-state index contributed by atoms with van der Waals surface area (Å²) in [5.74, 6) is 1.82. The second kappa shape index (κ2) is 4.66. The van der Waals surface area contributed by atoms with Gasteiger partial charge < -0.3 is 0 Å². The lowest BCUT2D eigenvalue weighted by molar-refractivity contribution is 1.56. The molecular weight excluding hydrogens is 102 g/mol. The van der Waals surface area contributed by atoms with Crippen LogP contribution in [0.3, 0.4) is 0 Å². The van der Waals surface area contributed by atoms with E-state index in [0.717, 1.165) is 11.5 Å². The van der Waals surface area contributed by atoms with E-state index in [1.54, 1.807) is 0 Å². The summed E-state index contributed by atoms with van der Waals surface area (Å²) in [5.41, 5.74) is 0. The molecule has 0 rings (SSSR count). The van der Waals surface area contributed by atoms with Crippen molar-refractivity contribution < 1.29 is 0 Å². The molecule has 0 radical (unpaired) electrons. The van der Waals surface area contributed by atoms with Crippen LogP contribution in [0.5, 0.6) is 0 Å². The van der Waals surface area contributed by atoms with Gasteiger partial charge in [0.15, 0.2) is 0 Å². The van der Waals surface area contributed by atoms with Crippen molar-refractivity contribution in [1.82, 2.24) is 0 Å². The standard InChI is InChI=1S/C2H7NS2/c3-5-2-1-4/h4H,1-3H2. The van der Waals surface area contributed by atoms with Gasteiger partial charge in [-0.15, -0.1) is 0 Å². The van der Waals surface area contributed by atoms with Gasteiger partial charge in [0.1, 0.15) is 0 Å². The molecule has 2 N–H and O–H groups in total. The van der Waals surface area contributed by atoms with E-state index in [1.807, 2.05) is 0 Å². The Morgan fingerprint density at radius 2 is 2.40 bits per heavy atom. The molecule has 0 aromatic heterocycles. The summed E-state index contributed by atoms with van der Waals surface area (Å²) in [6.45, 7) is 0. The molecule has 0 aromatic carbocycles. The van der Waals surface area contributed by atoms with Gasteiger partial charge in [0.05, 0.1) is 0 Å². The van der Waals surface area contributed by atoms with Crippen molar-refractivity contribution in [1.29, 1.82) is 0 Å². The Kier molecular flexibility index (Phi) is 5.28. The van der Waals surface area contributed by atoms with E-state index >= 15 is 0 Å². The van der Waals surface area contributed by atoms with Crippen LogP contribution in [0, 0.1) is 0 Å². The Balaban J connectivity index is 2.19. The van der Waals surface area contributed by atoms with Crippen molar-refractivity contribution in [2.75, 3.05) is 11.5 Å². The molecule has 0 amide bonds. The van der Waals surface area contributed by atoms with Gasteiger partial charge in [0.2, 0.25) is 0 Å². The minimum atomic E-state index is 0.876. The van der Waals surface area contributed by atoms with E-state index in [0.29, 0.717) is 0 Å².